The molecule has 0 heterocycles. The van der Waals surface area contributed by atoms with Gasteiger partial charge in [0.15, 0.2) is 0 Å². The SMILES string of the molecule is CC(C)[C@H](N)C(=O)N[C@@H]1CCCC[C@@H]1N(C)Cc1ccccc1. The largest absolute Gasteiger partial charge is 0.350 e. The lowest BCUT2D eigenvalue weighted by atomic mass is 9.88. The fourth-order valence-electron chi connectivity index (χ4n) is 3.38. The summed E-state index contributed by atoms with van der Waals surface area (Å²) in [5.41, 5.74) is 7.31. The zero-order chi connectivity index (χ0) is 16.8. The zero-order valence-electron chi connectivity index (χ0n) is 14.7. The second-order valence-electron chi connectivity index (χ2n) is 7.14. The monoisotopic (exact) mass is 317 g/mol. The summed E-state index contributed by atoms with van der Waals surface area (Å²) in [6.07, 6.45) is 4.58. The molecular weight excluding hydrogens is 286 g/mol. The van der Waals surface area contributed by atoms with Crippen LogP contribution in [0.2, 0.25) is 0 Å². The quantitative estimate of drug-likeness (QED) is 0.847. The number of nitrogens with one attached hydrogen (secondary N) is 1. The summed E-state index contributed by atoms with van der Waals surface area (Å²) < 4.78 is 0. The van der Waals surface area contributed by atoms with Crippen LogP contribution in [0.15, 0.2) is 30.3 Å². The number of carbonyl (C=O) groups is 1. The van der Waals surface area contributed by atoms with Gasteiger partial charge in [-0.05, 0) is 31.4 Å². The van der Waals surface area contributed by atoms with Crippen molar-refractivity contribution in [2.24, 2.45) is 11.7 Å². The Kier molecular flexibility index (Phi) is 6.60. The van der Waals surface area contributed by atoms with E-state index in [0.717, 1.165) is 19.4 Å². The van der Waals surface area contributed by atoms with Gasteiger partial charge in [-0.3, -0.25) is 9.69 Å². The van der Waals surface area contributed by atoms with Gasteiger partial charge < -0.3 is 11.1 Å². The van der Waals surface area contributed by atoms with E-state index in [1.807, 2.05) is 19.9 Å². The van der Waals surface area contributed by atoms with Gasteiger partial charge in [0.25, 0.3) is 0 Å². The summed E-state index contributed by atoms with van der Waals surface area (Å²) in [5.74, 6) is 0.157. The molecule has 4 heteroatoms. The van der Waals surface area contributed by atoms with Crippen LogP contribution in [0.25, 0.3) is 0 Å². The van der Waals surface area contributed by atoms with Gasteiger partial charge in [0.1, 0.15) is 0 Å². The van der Waals surface area contributed by atoms with Crippen LogP contribution >= 0.6 is 0 Å². The molecular formula is C19H31N3O. The van der Waals surface area contributed by atoms with Gasteiger partial charge in [-0.15, -0.1) is 0 Å². The van der Waals surface area contributed by atoms with Crippen molar-refractivity contribution in [1.82, 2.24) is 10.2 Å². The highest BCUT2D eigenvalue weighted by atomic mass is 16.2. The Balaban J connectivity index is 1.98. The van der Waals surface area contributed by atoms with E-state index in [1.54, 1.807) is 0 Å². The third-order valence-electron chi connectivity index (χ3n) is 4.92. The molecule has 0 bridgehead atoms. The number of hydrogen-bond donors (Lipinski definition) is 2. The number of rotatable bonds is 6. The first-order valence-corrected chi connectivity index (χ1v) is 8.79. The molecule has 1 fully saturated rings. The van der Waals surface area contributed by atoms with Gasteiger partial charge in [-0.1, -0.05) is 57.0 Å². The highest BCUT2D eigenvalue weighted by Gasteiger charge is 2.31. The van der Waals surface area contributed by atoms with Crippen LogP contribution in [-0.2, 0) is 11.3 Å². The molecule has 3 N–H and O–H groups in total. The van der Waals surface area contributed by atoms with E-state index in [-0.39, 0.29) is 17.9 Å². The Morgan fingerprint density at radius 2 is 1.91 bits per heavy atom. The Bertz CT molecular complexity index is 489. The maximum atomic E-state index is 12.3. The molecule has 0 aliphatic heterocycles. The minimum absolute atomic E-state index is 0.00925. The number of nitrogens with zero attached hydrogens (tertiary/aromatic N) is 1. The molecule has 2 rings (SSSR count). The third kappa shape index (κ3) is 5.05. The average Bonchev–Trinajstić information content (AvgIpc) is 2.55. The maximum Gasteiger partial charge on any atom is 0.237 e. The Morgan fingerprint density at radius 3 is 2.57 bits per heavy atom. The summed E-state index contributed by atoms with van der Waals surface area (Å²) in [5, 5.41) is 3.21. The van der Waals surface area contributed by atoms with E-state index >= 15 is 0 Å². The molecule has 0 aromatic heterocycles. The van der Waals surface area contributed by atoms with Crippen molar-refractivity contribution in [2.75, 3.05) is 7.05 Å². The molecule has 0 unspecified atom stereocenters. The van der Waals surface area contributed by atoms with Gasteiger partial charge in [-0.25, -0.2) is 0 Å². The molecule has 1 aliphatic rings. The number of nitrogens with two attached hydrogens (primary N) is 1. The van der Waals surface area contributed by atoms with Gasteiger partial charge >= 0.3 is 0 Å². The minimum atomic E-state index is -0.419. The number of benzene rings is 1. The molecule has 0 radical (unpaired) electrons. The van der Waals surface area contributed by atoms with E-state index in [1.165, 1.54) is 18.4 Å². The van der Waals surface area contributed by atoms with Crippen molar-refractivity contribution in [3.63, 3.8) is 0 Å². The van der Waals surface area contributed by atoms with Gasteiger partial charge in [0.05, 0.1) is 6.04 Å². The molecule has 3 atom stereocenters. The first-order chi connectivity index (χ1) is 11.0. The van der Waals surface area contributed by atoms with Crippen LogP contribution in [0.1, 0.15) is 45.1 Å². The number of likely N-dealkylation sites (N-methyl/N-ethyl adjacent to an activating group) is 1. The average molecular weight is 317 g/mol. The maximum absolute atomic E-state index is 12.3. The molecule has 1 saturated carbocycles. The third-order valence-corrected chi connectivity index (χ3v) is 4.92. The van der Waals surface area contributed by atoms with Crippen molar-refractivity contribution in [3.8, 4) is 0 Å². The number of hydrogen-bond acceptors (Lipinski definition) is 3. The van der Waals surface area contributed by atoms with Gasteiger partial charge in [0.2, 0.25) is 5.91 Å². The predicted molar refractivity (Wildman–Crippen MR) is 94.9 cm³/mol. The Hall–Kier alpha value is -1.39. The fourth-order valence-corrected chi connectivity index (χ4v) is 3.38. The first-order valence-electron chi connectivity index (χ1n) is 8.79. The molecule has 1 aromatic carbocycles. The lowest BCUT2D eigenvalue weighted by Crippen LogP contribution is -2.56. The van der Waals surface area contributed by atoms with Gasteiger partial charge in [-0.2, -0.15) is 0 Å². The van der Waals surface area contributed by atoms with Crippen molar-refractivity contribution in [2.45, 2.75) is 64.2 Å². The second kappa shape index (κ2) is 8.46. The zero-order valence-corrected chi connectivity index (χ0v) is 14.7. The van der Waals surface area contributed by atoms with Gasteiger partial charge in [0, 0.05) is 18.6 Å². The van der Waals surface area contributed by atoms with Crippen LogP contribution in [0.3, 0.4) is 0 Å². The van der Waals surface area contributed by atoms with Crippen LogP contribution in [0.4, 0.5) is 0 Å². The molecule has 128 valence electrons. The minimum Gasteiger partial charge on any atom is -0.350 e. The standard InChI is InChI=1S/C19H31N3O/c1-14(2)18(20)19(23)21-16-11-7-8-12-17(16)22(3)13-15-9-5-4-6-10-15/h4-6,9-10,14,16-18H,7-8,11-13,20H2,1-3H3,(H,21,23)/t16-,17+,18+/m1/s1. The molecule has 1 aromatic rings. The highest BCUT2D eigenvalue weighted by molar-refractivity contribution is 5.82. The Morgan fingerprint density at radius 1 is 1.26 bits per heavy atom. The second-order valence-corrected chi connectivity index (χ2v) is 7.14. The van der Waals surface area contributed by atoms with E-state index in [2.05, 4.69) is 41.5 Å². The van der Waals surface area contributed by atoms with Crippen molar-refractivity contribution in [3.05, 3.63) is 35.9 Å². The molecule has 1 aliphatic carbocycles. The van der Waals surface area contributed by atoms with Crippen LogP contribution in [0, 0.1) is 5.92 Å². The molecule has 23 heavy (non-hydrogen) atoms. The smallest absolute Gasteiger partial charge is 0.237 e. The lowest BCUT2D eigenvalue weighted by molar-refractivity contribution is -0.124. The van der Waals surface area contributed by atoms with E-state index < -0.39 is 6.04 Å². The molecule has 1 amide bonds. The van der Waals surface area contributed by atoms with E-state index in [9.17, 15) is 4.79 Å². The van der Waals surface area contributed by atoms with Crippen LogP contribution in [-0.4, -0.2) is 36.0 Å². The number of carbonyl (C=O) groups excluding carboxylic acids is 1. The normalized spacial score (nSPS) is 23.0. The summed E-state index contributed by atoms with van der Waals surface area (Å²) in [4.78, 5) is 14.7. The summed E-state index contributed by atoms with van der Waals surface area (Å²) in [6.45, 7) is 4.89. The summed E-state index contributed by atoms with van der Waals surface area (Å²) in [6, 6.07) is 10.7. The molecule has 0 saturated heterocycles. The number of amides is 1. The summed E-state index contributed by atoms with van der Waals surface area (Å²) >= 11 is 0. The molecule has 0 spiro atoms. The Labute approximate surface area is 140 Å². The summed E-state index contributed by atoms with van der Waals surface area (Å²) in [7, 11) is 2.16. The van der Waals surface area contributed by atoms with E-state index in [0.29, 0.717) is 6.04 Å². The van der Waals surface area contributed by atoms with Crippen molar-refractivity contribution < 1.29 is 4.79 Å². The van der Waals surface area contributed by atoms with Crippen LogP contribution < -0.4 is 11.1 Å². The molecule has 4 nitrogen and oxygen atoms in total. The van der Waals surface area contributed by atoms with Crippen LogP contribution in [0.5, 0.6) is 0 Å². The highest BCUT2D eigenvalue weighted by Crippen LogP contribution is 2.24. The van der Waals surface area contributed by atoms with Crippen molar-refractivity contribution in [1.29, 1.82) is 0 Å². The fraction of sp³-hybridized carbons (Fsp3) is 0.632. The lowest BCUT2D eigenvalue weighted by Gasteiger charge is -2.39. The first kappa shape index (κ1) is 18.0. The van der Waals surface area contributed by atoms with E-state index in [4.69, 9.17) is 5.73 Å². The predicted octanol–water partition coefficient (Wildman–Crippen LogP) is 2.53. The topological polar surface area (TPSA) is 58.4 Å². The van der Waals surface area contributed by atoms with Crippen molar-refractivity contribution >= 4 is 5.91 Å².